The summed E-state index contributed by atoms with van der Waals surface area (Å²) >= 11 is 1.73. The largest absolute Gasteiger partial charge is 0.410 e. The molecule has 142 valence electrons. The topological polar surface area (TPSA) is 18.5 Å². The standard InChI is InChI=1S/C20H40O2SSi/c1-11-13-14-18(21-15-23-8)17(4)19(16(3)12-2)22-24(9,10)20(5,6)7/h11-13,17-19H,14-15H2,1-10H3/b13-11-,16-12+/t17-,18+,19-/m1/s1. The van der Waals surface area contributed by atoms with Crippen LogP contribution in [0.5, 0.6) is 0 Å². The summed E-state index contributed by atoms with van der Waals surface area (Å²) in [5.74, 6) is 1.05. The van der Waals surface area contributed by atoms with Crippen molar-refractivity contribution in [1.82, 2.24) is 0 Å². The minimum atomic E-state index is -1.84. The zero-order valence-corrected chi connectivity index (χ0v) is 19.4. The second kappa shape index (κ2) is 10.8. The third-order valence-electron chi connectivity index (χ3n) is 5.20. The first kappa shape index (κ1) is 24.0. The van der Waals surface area contributed by atoms with Gasteiger partial charge in [0.15, 0.2) is 8.32 Å². The Balaban J connectivity index is 5.46. The Hall–Kier alpha value is -0.0331. The number of rotatable bonds is 10. The number of thioether (sulfide) groups is 1. The number of hydrogen-bond donors (Lipinski definition) is 0. The summed E-state index contributed by atoms with van der Waals surface area (Å²) < 4.78 is 13.0. The summed E-state index contributed by atoms with van der Waals surface area (Å²) in [5.41, 5.74) is 1.31. The van der Waals surface area contributed by atoms with E-state index >= 15 is 0 Å². The van der Waals surface area contributed by atoms with Crippen molar-refractivity contribution in [3.8, 4) is 0 Å². The zero-order valence-electron chi connectivity index (χ0n) is 17.6. The van der Waals surface area contributed by atoms with E-state index in [1.54, 1.807) is 11.8 Å². The second-order valence-corrected chi connectivity index (χ2v) is 13.7. The Morgan fingerprint density at radius 2 is 1.79 bits per heavy atom. The van der Waals surface area contributed by atoms with Crippen LogP contribution in [0.4, 0.5) is 0 Å². The van der Waals surface area contributed by atoms with Crippen LogP contribution in [0.3, 0.4) is 0 Å². The van der Waals surface area contributed by atoms with Gasteiger partial charge in [0.1, 0.15) is 0 Å². The average molecular weight is 373 g/mol. The Kier molecular flexibility index (Phi) is 10.8. The Morgan fingerprint density at radius 3 is 2.21 bits per heavy atom. The summed E-state index contributed by atoms with van der Waals surface area (Å²) in [6.07, 6.45) is 9.82. The fourth-order valence-corrected chi connectivity index (χ4v) is 4.03. The van der Waals surface area contributed by atoms with Gasteiger partial charge in [-0.15, -0.1) is 11.8 Å². The highest BCUT2D eigenvalue weighted by atomic mass is 32.2. The van der Waals surface area contributed by atoms with Crippen molar-refractivity contribution < 1.29 is 9.16 Å². The molecular weight excluding hydrogens is 332 g/mol. The lowest BCUT2D eigenvalue weighted by Gasteiger charge is -2.42. The molecule has 24 heavy (non-hydrogen) atoms. The van der Waals surface area contributed by atoms with E-state index in [0.717, 1.165) is 12.4 Å². The summed E-state index contributed by atoms with van der Waals surface area (Å²) in [6, 6.07) is 0. The van der Waals surface area contributed by atoms with E-state index in [0.29, 0.717) is 5.92 Å². The molecule has 3 atom stereocenters. The number of hydrogen-bond acceptors (Lipinski definition) is 3. The molecule has 0 aliphatic rings. The van der Waals surface area contributed by atoms with E-state index in [9.17, 15) is 0 Å². The molecule has 0 aromatic heterocycles. The van der Waals surface area contributed by atoms with Gasteiger partial charge in [-0.05, 0) is 57.2 Å². The molecule has 0 rings (SSSR count). The molecule has 2 nitrogen and oxygen atoms in total. The molecule has 0 saturated heterocycles. The lowest BCUT2D eigenvalue weighted by Crippen LogP contribution is -2.47. The van der Waals surface area contributed by atoms with Gasteiger partial charge in [0.05, 0.1) is 18.1 Å². The van der Waals surface area contributed by atoms with E-state index in [1.807, 2.05) is 0 Å². The van der Waals surface area contributed by atoms with Crippen LogP contribution in [0.2, 0.25) is 18.1 Å². The molecule has 0 aliphatic carbocycles. The van der Waals surface area contributed by atoms with E-state index in [2.05, 4.69) is 86.0 Å². The number of ether oxygens (including phenoxy) is 1. The van der Waals surface area contributed by atoms with Crippen LogP contribution in [-0.2, 0) is 9.16 Å². The third kappa shape index (κ3) is 7.47. The van der Waals surface area contributed by atoms with E-state index < -0.39 is 8.32 Å². The zero-order chi connectivity index (χ0) is 19.0. The molecule has 0 aromatic carbocycles. The maximum Gasteiger partial charge on any atom is 0.192 e. The van der Waals surface area contributed by atoms with Crippen molar-refractivity contribution >= 4 is 20.1 Å². The molecule has 0 bridgehead atoms. The van der Waals surface area contributed by atoms with Crippen molar-refractivity contribution in [3.63, 3.8) is 0 Å². The van der Waals surface area contributed by atoms with Gasteiger partial charge in [0.25, 0.3) is 0 Å². The summed E-state index contributed by atoms with van der Waals surface area (Å²) in [5, 5.41) is 0.206. The lowest BCUT2D eigenvalue weighted by molar-refractivity contribution is 0.00664. The lowest BCUT2D eigenvalue weighted by atomic mass is 9.91. The van der Waals surface area contributed by atoms with E-state index in [4.69, 9.17) is 9.16 Å². The smallest absolute Gasteiger partial charge is 0.192 e. The van der Waals surface area contributed by atoms with Gasteiger partial charge in [0.2, 0.25) is 0 Å². The van der Waals surface area contributed by atoms with Crippen molar-refractivity contribution in [2.75, 3.05) is 12.2 Å². The van der Waals surface area contributed by atoms with Crippen molar-refractivity contribution in [3.05, 3.63) is 23.8 Å². The van der Waals surface area contributed by atoms with Crippen molar-refractivity contribution in [2.24, 2.45) is 5.92 Å². The van der Waals surface area contributed by atoms with Crippen LogP contribution in [-0.4, -0.2) is 32.7 Å². The van der Waals surface area contributed by atoms with E-state index in [-0.39, 0.29) is 17.2 Å². The minimum absolute atomic E-state index is 0.119. The third-order valence-corrected chi connectivity index (χ3v) is 10.0. The predicted octanol–water partition coefficient (Wildman–Crippen LogP) is 6.65. The molecule has 0 N–H and O–H groups in total. The van der Waals surface area contributed by atoms with Crippen LogP contribution in [0.1, 0.15) is 54.9 Å². The molecule has 0 fully saturated rings. The van der Waals surface area contributed by atoms with Crippen LogP contribution < -0.4 is 0 Å². The molecule has 0 aromatic rings. The molecule has 4 heteroatoms. The number of allylic oxidation sites excluding steroid dienone is 2. The van der Waals surface area contributed by atoms with Gasteiger partial charge in [-0.2, -0.15) is 0 Å². The first-order valence-electron chi connectivity index (χ1n) is 9.04. The highest BCUT2D eigenvalue weighted by Crippen LogP contribution is 2.39. The molecule has 0 unspecified atom stereocenters. The predicted molar refractivity (Wildman–Crippen MR) is 113 cm³/mol. The van der Waals surface area contributed by atoms with Gasteiger partial charge < -0.3 is 9.16 Å². The van der Waals surface area contributed by atoms with Crippen molar-refractivity contribution in [1.29, 1.82) is 0 Å². The van der Waals surface area contributed by atoms with Crippen molar-refractivity contribution in [2.45, 2.75) is 85.2 Å². The molecule has 0 heterocycles. The van der Waals surface area contributed by atoms with Gasteiger partial charge >= 0.3 is 0 Å². The highest BCUT2D eigenvalue weighted by Gasteiger charge is 2.41. The summed E-state index contributed by atoms with van der Waals surface area (Å²) in [7, 11) is -1.84. The molecule has 0 saturated carbocycles. The molecular formula is C20H40O2SSi. The summed E-state index contributed by atoms with van der Waals surface area (Å²) in [6.45, 7) is 20.2. The van der Waals surface area contributed by atoms with Gasteiger partial charge in [-0.1, -0.05) is 45.9 Å². The Morgan fingerprint density at radius 1 is 1.21 bits per heavy atom. The molecule has 0 aliphatic heterocycles. The molecule has 0 spiro atoms. The molecule has 0 amide bonds. The highest BCUT2D eigenvalue weighted by molar-refractivity contribution is 7.98. The van der Waals surface area contributed by atoms with Gasteiger partial charge in [-0.25, -0.2) is 0 Å². The second-order valence-electron chi connectivity index (χ2n) is 8.11. The Bertz CT molecular complexity index is 410. The average Bonchev–Trinajstić information content (AvgIpc) is 2.50. The fourth-order valence-electron chi connectivity index (χ4n) is 2.33. The van der Waals surface area contributed by atoms with E-state index in [1.165, 1.54) is 5.57 Å². The minimum Gasteiger partial charge on any atom is -0.410 e. The monoisotopic (exact) mass is 372 g/mol. The van der Waals surface area contributed by atoms with Crippen LogP contribution >= 0.6 is 11.8 Å². The Labute approximate surface area is 156 Å². The fraction of sp³-hybridized carbons (Fsp3) is 0.800. The first-order chi connectivity index (χ1) is 11.0. The maximum atomic E-state index is 6.82. The van der Waals surface area contributed by atoms with Gasteiger partial charge in [-0.3, -0.25) is 0 Å². The maximum absolute atomic E-state index is 6.82. The quantitative estimate of drug-likeness (QED) is 0.243. The van der Waals surface area contributed by atoms with Gasteiger partial charge in [0, 0.05) is 5.92 Å². The normalized spacial score (nSPS) is 18.0. The van der Waals surface area contributed by atoms with Crippen LogP contribution in [0.15, 0.2) is 23.8 Å². The SMILES string of the molecule is C/C=C\C[C@H](OCSC)[C@@H](C)[C@H](O[Si](C)(C)C(C)(C)C)/C(C)=C/C. The molecule has 0 radical (unpaired) electrons. The summed E-state index contributed by atoms with van der Waals surface area (Å²) in [4.78, 5) is 0. The van der Waals surface area contributed by atoms with Crippen LogP contribution in [0, 0.1) is 5.92 Å². The first-order valence-corrected chi connectivity index (χ1v) is 13.3. The van der Waals surface area contributed by atoms with Crippen LogP contribution in [0.25, 0.3) is 0 Å².